The van der Waals surface area contributed by atoms with E-state index in [1.165, 1.54) is 19.3 Å². The molecule has 1 aromatic carbocycles. The van der Waals surface area contributed by atoms with Gasteiger partial charge in [-0.05, 0) is 30.4 Å². The Bertz CT molecular complexity index is 497. The minimum Gasteiger partial charge on any atom is -0.496 e. The SMILES string of the molecule is COc1cc(C2(N)CCCCC2)c(OC)cc1C(C)(C)C. The highest BCUT2D eigenvalue weighted by molar-refractivity contribution is 5.52. The van der Waals surface area contributed by atoms with Crippen molar-refractivity contribution in [1.29, 1.82) is 0 Å². The third-order valence-electron chi connectivity index (χ3n) is 4.61. The lowest BCUT2D eigenvalue weighted by Crippen LogP contribution is -2.39. The van der Waals surface area contributed by atoms with Gasteiger partial charge in [0.15, 0.2) is 0 Å². The van der Waals surface area contributed by atoms with E-state index in [0.29, 0.717) is 0 Å². The molecule has 0 aromatic heterocycles. The molecule has 0 atom stereocenters. The highest BCUT2D eigenvalue weighted by Gasteiger charge is 2.34. The lowest BCUT2D eigenvalue weighted by Gasteiger charge is -2.36. The van der Waals surface area contributed by atoms with Crippen LogP contribution < -0.4 is 15.2 Å². The van der Waals surface area contributed by atoms with Crippen LogP contribution in [0.15, 0.2) is 12.1 Å². The van der Waals surface area contributed by atoms with Crippen molar-refractivity contribution < 1.29 is 9.47 Å². The summed E-state index contributed by atoms with van der Waals surface area (Å²) in [5.41, 5.74) is 8.67. The second-order valence-electron chi connectivity index (χ2n) is 7.22. The van der Waals surface area contributed by atoms with Crippen LogP contribution in [-0.4, -0.2) is 14.2 Å². The number of methoxy groups -OCH3 is 2. The summed E-state index contributed by atoms with van der Waals surface area (Å²) < 4.78 is 11.3. The van der Waals surface area contributed by atoms with E-state index in [9.17, 15) is 0 Å². The molecule has 3 nitrogen and oxygen atoms in total. The first-order valence-electron chi connectivity index (χ1n) is 7.88. The van der Waals surface area contributed by atoms with Crippen molar-refractivity contribution in [2.45, 2.75) is 63.8 Å². The Morgan fingerprint density at radius 3 is 2.00 bits per heavy atom. The molecule has 21 heavy (non-hydrogen) atoms. The predicted octanol–water partition coefficient (Wildman–Crippen LogP) is 4.12. The summed E-state index contributed by atoms with van der Waals surface area (Å²) in [5, 5.41) is 0. The van der Waals surface area contributed by atoms with E-state index in [1.54, 1.807) is 14.2 Å². The van der Waals surface area contributed by atoms with Crippen LogP contribution in [-0.2, 0) is 11.0 Å². The van der Waals surface area contributed by atoms with Gasteiger partial charge in [0.25, 0.3) is 0 Å². The molecule has 0 heterocycles. The maximum absolute atomic E-state index is 6.70. The zero-order valence-corrected chi connectivity index (χ0v) is 14.1. The molecule has 1 fully saturated rings. The van der Waals surface area contributed by atoms with Crippen molar-refractivity contribution in [2.24, 2.45) is 5.73 Å². The van der Waals surface area contributed by atoms with Crippen molar-refractivity contribution in [3.63, 3.8) is 0 Å². The Labute approximate surface area is 128 Å². The zero-order chi connectivity index (χ0) is 15.7. The van der Waals surface area contributed by atoms with Gasteiger partial charge in [-0.25, -0.2) is 0 Å². The Morgan fingerprint density at radius 2 is 1.52 bits per heavy atom. The van der Waals surface area contributed by atoms with E-state index in [4.69, 9.17) is 15.2 Å². The molecule has 0 bridgehead atoms. The first-order chi connectivity index (χ1) is 9.81. The molecule has 0 spiro atoms. The maximum atomic E-state index is 6.70. The molecule has 0 aliphatic heterocycles. The number of hydrogen-bond donors (Lipinski definition) is 1. The molecule has 0 amide bonds. The molecule has 1 aromatic rings. The van der Waals surface area contributed by atoms with E-state index in [2.05, 4.69) is 32.9 Å². The van der Waals surface area contributed by atoms with Gasteiger partial charge >= 0.3 is 0 Å². The summed E-state index contributed by atoms with van der Waals surface area (Å²) >= 11 is 0. The molecule has 0 saturated heterocycles. The summed E-state index contributed by atoms with van der Waals surface area (Å²) in [6, 6.07) is 4.21. The first kappa shape index (κ1) is 16.2. The number of rotatable bonds is 3. The minimum absolute atomic E-state index is 0.00544. The monoisotopic (exact) mass is 291 g/mol. The molecule has 0 unspecified atom stereocenters. The zero-order valence-electron chi connectivity index (χ0n) is 14.1. The minimum atomic E-state index is -0.284. The summed E-state index contributed by atoms with van der Waals surface area (Å²) in [6.45, 7) is 6.55. The number of benzene rings is 1. The van der Waals surface area contributed by atoms with E-state index in [1.807, 2.05) is 0 Å². The van der Waals surface area contributed by atoms with Crippen molar-refractivity contribution >= 4 is 0 Å². The summed E-state index contributed by atoms with van der Waals surface area (Å²) in [6.07, 6.45) is 5.67. The van der Waals surface area contributed by atoms with Gasteiger partial charge in [0.2, 0.25) is 0 Å². The van der Waals surface area contributed by atoms with Crippen LogP contribution in [0.2, 0.25) is 0 Å². The maximum Gasteiger partial charge on any atom is 0.124 e. The quantitative estimate of drug-likeness (QED) is 0.911. The molecule has 1 aliphatic rings. The van der Waals surface area contributed by atoms with E-state index in [-0.39, 0.29) is 11.0 Å². The van der Waals surface area contributed by atoms with E-state index >= 15 is 0 Å². The normalized spacial score (nSPS) is 18.4. The largest absolute Gasteiger partial charge is 0.496 e. The fraction of sp³-hybridized carbons (Fsp3) is 0.667. The summed E-state index contributed by atoms with van der Waals surface area (Å²) in [5.74, 6) is 1.80. The van der Waals surface area contributed by atoms with Crippen LogP contribution in [0, 0.1) is 0 Å². The second-order valence-corrected chi connectivity index (χ2v) is 7.22. The Kier molecular flexibility index (Phi) is 4.52. The van der Waals surface area contributed by atoms with Crippen LogP contribution in [0.4, 0.5) is 0 Å². The molecular weight excluding hydrogens is 262 g/mol. The topological polar surface area (TPSA) is 44.5 Å². The van der Waals surface area contributed by atoms with Crippen molar-refractivity contribution in [1.82, 2.24) is 0 Å². The van der Waals surface area contributed by atoms with Gasteiger partial charge < -0.3 is 15.2 Å². The van der Waals surface area contributed by atoms with Crippen molar-refractivity contribution in [2.75, 3.05) is 14.2 Å². The van der Waals surface area contributed by atoms with Crippen molar-refractivity contribution in [3.8, 4) is 11.5 Å². The Balaban J connectivity index is 2.56. The third-order valence-corrected chi connectivity index (χ3v) is 4.61. The molecule has 3 heteroatoms. The average molecular weight is 291 g/mol. The molecule has 2 rings (SSSR count). The lowest BCUT2D eigenvalue weighted by atomic mass is 9.75. The standard InChI is InChI=1S/C18H29NO2/c1-17(2,3)13-11-16(21-5)14(12-15(13)20-4)18(19)9-7-6-8-10-18/h11-12H,6-10,19H2,1-5H3. The van der Waals surface area contributed by atoms with Crippen LogP contribution in [0.3, 0.4) is 0 Å². The van der Waals surface area contributed by atoms with E-state index < -0.39 is 0 Å². The molecule has 1 aliphatic carbocycles. The van der Waals surface area contributed by atoms with Crippen LogP contribution in [0.1, 0.15) is 64.0 Å². The summed E-state index contributed by atoms with van der Waals surface area (Å²) in [7, 11) is 3.45. The van der Waals surface area contributed by atoms with Crippen molar-refractivity contribution in [3.05, 3.63) is 23.3 Å². The second kappa shape index (κ2) is 5.88. The van der Waals surface area contributed by atoms with Gasteiger partial charge in [-0.2, -0.15) is 0 Å². The highest BCUT2D eigenvalue weighted by Crippen LogP contribution is 2.44. The van der Waals surface area contributed by atoms with Gasteiger partial charge in [0.05, 0.1) is 14.2 Å². The molecule has 1 saturated carbocycles. The van der Waals surface area contributed by atoms with Gasteiger partial charge in [0.1, 0.15) is 11.5 Å². The smallest absolute Gasteiger partial charge is 0.124 e. The van der Waals surface area contributed by atoms with Gasteiger partial charge in [-0.15, -0.1) is 0 Å². The first-order valence-corrected chi connectivity index (χ1v) is 7.88. The lowest BCUT2D eigenvalue weighted by molar-refractivity contribution is 0.286. The number of ether oxygens (including phenoxy) is 2. The van der Waals surface area contributed by atoms with Crippen LogP contribution in [0.5, 0.6) is 11.5 Å². The third kappa shape index (κ3) is 3.18. The highest BCUT2D eigenvalue weighted by atomic mass is 16.5. The number of nitrogens with two attached hydrogens (primary N) is 1. The molecule has 2 N–H and O–H groups in total. The Hall–Kier alpha value is -1.22. The average Bonchev–Trinajstić information content (AvgIpc) is 2.45. The fourth-order valence-corrected chi connectivity index (χ4v) is 3.32. The number of hydrogen-bond acceptors (Lipinski definition) is 3. The fourth-order valence-electron chi connectivity index (χ4n) is 3.32. The van der Waals surface area contributed by atoms with Gasteiger partial charge in [-0.1, -0.05) is 40.0 Å². The molecular formula is C18H29NO2. The van der Waals surface area contributed by atoms with Gasteiger partial charge in [0, 0.05) is 16.7 Å². The summed E-state index contributed by atoms with van der Waals surface area (Å²) in [4.78, 5) is 0. The van der Waals surface area contributed by atoms with Crippen LogP contribution in [0.25, 0.3) is 0 Å². The van der Waals surface area contributed by atoms with E-state index in [0.717, 1.165) is 35.5 Å². The van der Waals surface area contributed by atoms with Gasteiger partial charge in [-0.3, -0.25) is 0 Å². The predicted molar refractivity (Wildman–Crippen MR) is 87.2 cm³/mol. The molecule has 118 valence electrons. The van der Waals surface area contributed by atoms with Crippen LogP contribution >= 0.6 is 0 Å². The Morgan fingerprint density at radius 1 is 0.952 bits per heavy atom. The molecule has 0 radical (unpaired) electrons.